The Hall–Kier alpha value is -3.39. The van der Waals surface area contributed by atoms with Gasteiger partial charge in [0.25, 0.3) is 15.9 Å². The summed E-state index contributed by atoms with van der Waals surface area (Å²) in [5.41, 5.74) is 4.65. The van der Waals surface area contributed by atoms with Crippen molar-refractivity contribution < 1.29 is 17.6 Å². The Labute approximate surface area is 187 Å². The maximum atomic E-state index is 13.0. The van der Waals surface area contributed by atoms with Crippen LogP contribution in [0, 0.1) is 20.8 Å². The lowest BCUT2D eigenvalue weighted by molar-refractivity contribution is 0.0994. The number of nitrogens with one attached hydrogen (secondary N) is 2. The lowest BCUT2D eigenvalue weighted by Gasteiger charge is -2.14. The first-order valence-corrected chi connectivity index (χ1v) is 11.9. The molecular weight excluding hydrogens is 426 g/mol. The van der Waals surface area contributed by atoms with E-state index in [1.54, 1.807) is 25.1 Å². The zero-order valence-corrected chi connectivity index (χ0v) is 19.0. The second-order valence-electron chi connectivity index (χ2n) is 7.95. The molecule has 1 aliphatic carbocycles. The third-order valence-electron chi connectivity index (χ3n) is 5.53. The van der Waals surface area contributed by atoms with Crippen LogP contribution in [0.25, 0.3) is 0 Å². The molecule has 3 aromatic rings. The van der Waals surface area contributed by atoms with Crippen molar-refractivity contribution in [3.8, 4) is 0 Å². The number of aryl methyl sites for hydroxylation is 3. The maximum Gasteiger partial charge on any atom is 0.291 e. The first-order valence-electron chi connectivity index (χ1n) is 10.4. The molecule has 1 heterocycles. The minimum atomic E-state index is -3.78. The van der Waals surface area contributed by atoms with Crippen molar-refractivity contribution in [2.45, 2.75) is 44.9 Å². The Morgan fingerprint density at radius 3 is 2.53 bits per heavy atom. The van der Waals surface area contributed by atoms with Gasteiger partial charge in [-0.05, 0) is 62.9 Å². The molecule has 1 amide bonds. The van der Waals surface area contributed by atoms with Crippen molar-refractivity contribution in [2.24, 2.45) is 5.10 Å². The fraction of sp³-hybridized carbons (Fsp3) is 0.250. The van der Waals surface area contributed by atoms with Crippen LogP contribution in [-0.2, 0) is 16.4 Å². The molecule has 0 unspecified atom stereocenters. The maximum absolute atomic E-state index is 13.0. The van der Waals surface area contributed by atoms with Gasteiger partial charge in [0, 0.05) is 23.2 Å². The number of hydrogen-bond donors (Lipinski definition) is 2. The predicted molar refractivity (Wildman–Crippen MR) is 124 cm³/mol. The van der Waals surface area contributed by atoms with E-state index in [4.69, 9.17) is 4.42 Å². The molecule has 1 aromatic heterocycles. The van der Waals surface area contributed by atoms with Crippen LogP contribution in [-0.4, -0.2) is 20.0 Å². The highest BCUT2D eigenvalue weighted by Crippen LogP contribution is 2.31. The summed E-state index contributed by atoms with van der Waals surface area (Å²) in [5.74, 6) is 0.531. The van der Waals surface area contributed by atoms with E-state index in [9.17, 15) is 13.2 Å². The average molecular weight is 452 g/mol. The number of rotatable bonds is 5. The van der Waals surface area contributed by atoms with E-state index >= 15 is 0 Å². The number of nitrogens with zero attached hydrogens (tertiary/aromatic N) is 1. The van der Waals surface area contributed by atoms with Crippen molar-refractivity contribution in [1.29, 1.82) is 0 Å². The number of carbonyl (C=O) groups is 1. The normalized spacial score (nSPS) is 14.8. The minimum Gasteiger partial charge on any atom is -0.455 e. The number of hydrazone groups is 1. The molecule has 2 N–H and O–H groups in total. The largest absolute Gasteiger partial charge is 0.455 e. The molecular formula is C24H25N3O4S. The lowest BCUT2D eigenvalue weighted by atomic mass is 9.93. The first kappa shape index (κ1) is 21.8. The van der Waals surface area contributed by atoms with Gasteiger partial charge in [0.1, 0.15) is 5.76 Å². The molecule has 4 rings (SSSR count). The van der Waals surface area contributed by atoms with Crippen molar-refractivity contribution in [1.82, 2.24) is 4.83 Å². The zero-order chi connectivity index (χ0) is 22.9. The number of furan rings is 1. The third-order valence-corrected chi connectivity index (χ3v) is 6.75. The Kier molecular flexibility index (Phi) is 5.88. The summed E-state index contributed by atoms with van der Waals surface area (Å²) < 4.78 is 31.0. The summed E-state index contributed by atoms with van der Waals surface area (Å²) in [6.07, 6.45) is 2.00. The smallest absolute Gasteiger partial charge is 0.291 e. The van der Waals surface area contributed by atoms with Crippen molar-refractivity contribution >= 4 is 27.3 Å². The number of sulfonamides is 1. The number of anilines is 1. The molecule has 1 aliphatic rings. The fourth-order valence-corrected chi connectivity index (χ4v) is 4.67. The van der Waals surface area contributed by atoms with Crippen LogP contribution in [0.4, 0.5) is 5.69 Å². The molecule has 2 aromatic carbocycles. The Morgan fingerprint density at radius 1 is 1.03 bits per heavy atom. The summed E-state index contributed by atoms with van der Waals surface area (Å²) in [4.78, 5) is 15.4. The zero-order valence-electron chi connectivity index (χ0n) is 18.2. The summed E-state index contributed by atoms with van der Waals surface area (Å²) >= 11 is 0. The van der Waals surface area contributed by atoms with Gasteiger partial charge in [-0.25, -0.2) is 0 Å². The van der Waals surface area contributed by atoms with Gasteiger partial charge in [-0.15, -0.1) is 0 Å². The van der Waals surface area contributed by atoms with Crippen LogP contribution in [0.3, 0.4) is 0 Å². The van der Waals surface area contributed by atoms with Gasteiger partial charge in [0.2, 0.25) is 0 Å². The standard InChI is InChI=1S/C24H25N3O4S/c1-15-12-13-16(2)20(14-15)25-24(28)23-17(3)22-19(10-7-11-21(22)31-23)26-27-32(29,30)18-8-5-4-6-9-18/h4-6,8-9,12-14,27H,7,10-11H2,1-3H3,(H,25,28)/b26-19+. The van der Waals surface area contributed by atoms with Crippen LogP contribution in [0.2, 0.25) is 0 Å². The molecule has 32 heavy (non-hydrogen) atoms. The minimum absolute atomic E-state index is 0.137. The summed E-state index contributed by atoms with van der Waals surface area (Å²) in [7, 11) is -3.78. The summed E-state index contributed by atoms with van der Waals surface area (Å²) in [5, 5.41) is 7.13. The second-order valence-corrected chi connectivity index (χ2v) is 9.61. The van der Waals surface area contributed by atoms with Gasteiger partial charge in [-0.3, -0.25) is 4.79 Å². The Balaban J connectivity index is 1.62. The number of fused-ring (bicyclic) bond motifs is 1. The van der Waals surface area contributed by atoms with Gasteiger partial charge in [-0.1, -0.05) is 30.3 Å². The summed E-state index contributed by atoms with van der Waals surface area (Å²) in [6, 6.07) is 13.9. The van der Waals surface area contributed by atoms with Gasteiger partial charge in [-0.2, -0.15) is 18.4 Å². The van der Waals surface area contributed by atoms with E-state index < -0.39 is 10.0 Å². The molecule has 0 atom stereocenters. The van der Waals surface area contributed by atoms with E-state index in [0.29, 0.717) is 35.4 Å². The first-order chi connectivity index (χ1) is 15.3. The predicted octanol–water partition coefficient (Wildman–Crippen LogP) is 4.48. The van der Waals surface area contributed by atoms with Crippen molar-refractivity contribution in [3.05, 3.63) is 82.3 Å². The number of amides is 1. The molecule has 0 spiro atoms. The average Bonchev–Trinajstić information content (AvgIpc) is 3.13. The molecule has 7 nitrogen and oxygen atoms in total. The highest BCUT2D eigenvalue weighted by molar-refractivity contribution is 7.89. The molecule has 8 heteroatoms. The van der Waals surface area contributed by atoms with Gasteiger partial charge < -0.3 is 9.73 Å². The molecule has 0 fully saturated rings. The van der Waals surface area contributed by atoms with Gasteiger partial charge >= 0.3 is 0 Å². The monoisotopic (exact) mass is 451 g/mol. The number of carbonyl (C=O) groups excluding carboxylic acids is 1. The Bertz CT molecular complexity index is 1310. The van der Waals surface area contributed by atoms with E-state index in [-0.39, 0.29) is 16.6 Å². The molecule has 0 saturated carbocycles. The van der Waals surface area contributed by atoms with Crippen LogP contribution in [0.15, 0.2) is 62.9 Å². The lowest BCUT2D eigenvalue weighted by Crippen LogP contribution is -2.22. The highest BCUT2D eigenvalue weighted by atomic mass is 32.2. The molecule has 0 aliphatic heterocycles. The second kappa shape index (κ2) is 8.63. The SMILES string of the molecule is Cc1ccc(C)c(NC(=O)c2oc3c(c2C)/C(=N/NS(=O)(=O)c2ccccc2)CCC3)c1. The molecule has 0 radical (unpaired) electrons. The topological polar surface area (TPSA) is 101 Å². The van der Waals surface area contributed by atoms with E-state index in [1.807, 2.05) is 32.0 Å². The molecule has 166 valence electrons. The van der Waals surface area contributed by atoms with Crippen LogP contribution in [0.5, 0.6) is 0 Å². The third kappa shape index (κ3) is 4.31. The summed E-state index contributed by atoms with van der Waals surface area (Å²) in [6.45, 7) is 5.69. The van der Waals surface area contributed by atoms with Gasteiger partial charge in [0.15, 0.2) is 5.76 Å². The van der Waals surface area contributed by atoms with Crippen molar-refractivity contribution in [3.63, 3.8) is 0 Å². The van der Waals surface area contributed by atoms with Crippen LogP contribution in [0.1, 0.15) is 51.4 Å². The van der Waals surface area contributed by atoms with Crippen LogP contribution >= 0.6 is 0 Å². The van der Waals surface area contributed by atoms with E-state index in [2.05, 4.69) is 15.2 Å². The van der Waals surface area contributed by atoms with E-state index in [0.717, 1.165) is 23.2 Å². The number of benzene rings is 2. The van der Waals surface area contributed by atoms with E-state index in [1.165, 1.54) is 12.1 Å². The van der Waals surface area contributed by atoms with Crippen molar-refractivity contribution in [2.75, 3.05) is 5.32 Å². The van der Waals surface area contributed by atoms with Crippen LogP contribution < -0.4 is 10.1 Å². The quantitative estimate of drug-likeness (QED) is 0.559. The van der Waals surface area contributed by atoms with Gasteiger partial charge in [0.05, 0.1) is 10.6 Å². The highest BCUT2D eigenvalue weighted by Gasteiger charge is 2.28. The molecule has 0 saturated heterocycles. The number of hydrogen-bond acceptors (Lipinski definition) is 5. The fourth-order valence-electron chi connectivity index (χ4n) is 3.81. The Morgan fingerprint density at radius 2 is 1.78 bits per heavy atom. The molecule has 0 bridgehead atoms.